The summed E-state index contributed by atoms with van der Waals surface area (Å²) in [5.41, 5.74) is 4.67. The second-order valence-corrected chi connectivity index (χ2v) is 6.90. The number of aromatic nitrogens is 1. The van der Waals surface area contributed by atoms with Crippen molar-refractivity contribution >= 4 is 22.7 Å². The monoisotopic (exact) mass is 386 g/mol. The fraction of sp³-hybridized carbons (Fsp3) is 0.167. The number of carbonyl (C=O) groups excluding carboxylic acids is 1. The highest BCUT2D eigenvalue weighted by atomic mass is 16.5. The van der Waals surface area contributed by atoms with Gasteiger partial charge in [0.1, 0.15) is 11.3 Å². The second kappa shape index (κ2) is 8.19. The van der Waals surface area contributed by atoms with Crippen LogP contribution in [0.5, 0.6) is 5.75 Å². The lowest BCUT2D eigenvalue weighted by atomic mass is 10.1. The average molecular weight is 386 g/mol. The molecule has 146 valence electrons. The molecular formula is C24H22N2O3. The van der Waals surface area contributed by atoms with Crippen molar-refractivity contribution in [1.82, 2.24) is 4.98 Å². The Kier molecular flexibility index (Phi) is 5.29. The van der Waals surface area contributed by atoms with Crippen molar-refractivity contribution in [3.8, 4) is 17.2 Å². The Hall–Kier alpha value is -3.60. The summed E-state index contributed by atoms with van der Waals surface area (Å²) in [7, 11) is 0. The van der Waals surface area contributed by atoms with Crippen molar-refractivity contribution in [2.75, 3.05) is 11.9 Å². The van der Waals surface area contributed by atoms with Crippen molar-refractivity contribution in [2.24, 2.45) is 0 Å². The molecule has 29 heavy (non-hydrogen) atoms. The predicted molar refractivity (Wildman–Crippen MR) is 114 cm³/mol. The molecule has 0 atom stereocenters. The summed E-state index contributed by atoms with van der Waals surface area (Å²) in [6.45, 7) is 4.74. The normalized spacial score (nSPS) is 10.8. The fourth-order valence-electron chi connectivity index (χ4n) is 3.03. The van der Waals surface area contributed by atoms with E-state index >= 15 is 0 Å². The van der Waals surface area contributed by atoms with Crippen molar-refractivity contribution < 1.29 is 13.9 Å². The van der Waals surface area contributed by atoms with Crippen LogP contribution in [0.15, 0.2) is 71.1 Å². The van der Waals surface area contributed by atoms with Crippen LogP contribution in [0.4, 0.5) is 5.69 Å². The second-order valence-electron chi connectivity index (χ2n) is 6.90. The van der Waals surface area contributed by atoms with Gasteiger partial charge >= 0.3 is 0 Å². The Morgan fingerprint density at radius 1 is 1.07 bits per heavy atom. The van der Waals surface area contributed by atoms with E-state index in [-0.39, 0.29) is 5.91 Å². The van der Waals surface area contributed by atoms with Crippen molar-refractivity contribution in [3.05, 3.63) is 77.9 Å². The van der Waals surface area contributed by atoms with E-state index in [9.17, 15) is 4.79 Å². The number of hydrogen-bond acceptors (Lipinski definition) is 4. The van der Waals surface area contributed by atoms with Gasteiger partial charge in [-0.2, -0.15) is 0 Å². The first-order valence-corrected chi connectivity index (χ1v) is 9.64. The molecule has 5 heteroatoms. The van der Waals surface area contributed by atoms with E-state index in [4.69, 9.17) is 9.15 Å². The number of ether oxygens (including phenoxy) is 1. The minimum Gasteiger partial charge on any atom is -0.494 e. The van der Waals surface area contributed by atoms with E-state index in [2.05, 4.69) is 17.2 Å². The maximum atomic E-state index is 12.5. The molecule has 0 spiro atoms. The quantitative estimate of drug-likeness (QED) is 0.452. The number of nitrogens with zero attached hydrogens (tertiary/aromatic N) is 1. The molecule has 0 fully saturated rings. The highest BCUT2D eigenvalue weighted by molar-refractivity contribution is 6.05. The Balaban J connectivity index is 1.51. The van der Waals surface area contributed by atoms with Crippen LogP contribution >= 0.6 is 0 Å². The van der Waals surface area contributed by atoms with Crippen molar-refractivity contribution in [2.45, 2.75) is 20.3 Å². The molecule has 0 aliphatic heterocycles. The zero-order valence-electron chi connectivity index (χ0n) is 16.4. The number of carbonyl (C=O) groups is 1. The molecule has 4 aromatic rings. The molecule has 0 bridgehead atoms. The molecule has 1 N–H and O–H groups in total. The summed E-state index contributed by atoms with van der Waals surface area (Å²) in [6.07, 6.45) is 0.943. The van der Waals surface area contributed by atoms with E-state index in [1.165, 1.54) is 0 Å². The summed E-state index contributed by atoms with van der Waals surface area (Å²) in [6, 6.07) is 20.6. The number of amides is 1. The van der Waals surface area contributed by atoms with Gasteiger partial charge in [0.25, 0.3) is 5.91 Å². The summed E-state index contributed by atoms with van der Waals surface area (Å²) >= 11 is 0. The van der Waals surface area contributed by atoms with Gasteiger partial charge in [-0.25, -0.2) is 4.98 Å². The van der Waals surface area contributed by atoms with Crippen LogP contribution in [0.1, 0.15) is 29.3 Å². The maximum absolute atomic E-state index is 12.5. The molecule has 1 amide bonds. The van der Waals surface area contributed by atoms with E-state index in [0.29, 0.717) is 34.8 Å². The third kappa shape index (κ3) is 4.29. The van der Waals surface area contributed by atoms with Gasteiger partial charge in [0.2, 0.25) is 5.89 Å². The van der Waals surface area contributed by atoms with Crippen LogP contribution in [0.2, 0.25) is 0 Å². The Labute approximate surface area is 169 Å². The SMILES string of the molecule is CCCOc1ccc(C(=O)Nc2ccc3oc(-c4cccc(C)c4)nc3c2)cc1. The van der Waals surface area contributed by atoms with Crippen LogP contribution in [-0.2, 0) is 0 Å². The molecule has 5 nitrogen and oxygen atoms in total. The molecular weight excluding hydrogens is 364 g/mol. The van der Waals surface area contributed by atoms with Crippen LogP contribution in [-0.4, -0.2) is 17.5 Å². The molecule has 0 saturated carbocycles. The standard InChI is InChI=1S/C24H22N2O3/c1-3-13-28-20-10-7-17(8-11-20)23(27)25-19-9-12-22-21(15-19)26-24(29-22)18-6-4-5-16(2)14-18/h4-12,14-15H,3,13H2,1-2H3,(H,25,27). The number of anilines is 1. The van der Waals surface area contributed by atoms with Gasteiger partial charge in [-0.15, -0.1) is 0 Å². The lowest BCUT2D eigenvalue weighted by molar-refractivity contribution is 0.102. The highest BCUT2D eigenvalue weighted by Crippen LogP contribution is 2.27. The van der Waals surface area contributed by atoms with Crippen LogP contribution in [0.25, 0.3) is 22.6 Å². The van der Waals surface area contributed by atoms with E-state index in [1.54, 1.807) is 24.3 Å². The van der Waals surface area contributed by atoms with Gasteiger partial charge in [-0.1, -0.05) is 24.6 Å². The third-order valence-electron chi connectivity index (χ3n) is 4.50. The number of benzene rings is 3. The Morgan fingerprint density at radius 3 is 2.66 bits per heavy atom. The average Bonchev–Trinajstić information content (AvgIpc) is 3.16. The molecule has 1 heterocycles. The largest absolute Gasteiger partial charge is 0.494 e. The maximum Gasteiger partial charge on any atom is 0.255 e. The van der Waals surface area contributed by atoms with Gasteiger partial charge in [-0.3, -0.25) is 4.79 Å². The lowest BCUT2D eigenvalue weighted by Crippen LogP contribution is -2.11. The van der Waals surface area contributed by atoms with E-state index < -0.39 is 0 Å². The summed E-state index contributed by atoms with van der Waals surface area (Å²) in [5, 5.41) is 2.91. The summed E-state index contributed by atoms with van der Waals surface area (Å²) in [5.74, 6) is 1.14. The van der Waals surface area contributed by atoms with Crippen molar-refractivity contribution in [1.29, 1.82) is 0 Å². The minimum absolute atomic E-state index is 0.186. The number of hydrogen-bond donors (Lipinski definition) is 1. The minimum atomic E-state index is -0.186. The number of fused-ring (bicyclic) bond motifs is 1. The van der Waals surface area contributed by atoms with Gasteiger partial charge in [0, 0.05) is 16.8 Å². The van der Waals surface area contributed by atoms with Crippen LogP contribution in [0, 0.1) is 6.92 Å². The Morgan fingerprint density at radius 2 is 1.90 bits per heavy atom. The van der Waals surface area contributed by atoms with Gasteiger partial charge < -0.3 is 14.5 Å². The van der Waals surface area contributed by atoms with E-state index in [1.807, 2.05) is 49.4 Å². The molecule has 4 rings (SSSR count). The van der Waals surface area contributed by atoms with Crippen molar-refractivity contribution in [3.63, 3.8) is 0 Å². The predicted octanol–water partition coefficient (Wildman–Crippen LogP) is 5.84. The smallest absolute Gasteiger partial charge is 0.255 e. The van der Waals surface area contributed by atoms with E-state index in [0.717, 1.165) is 23.3 Å². The first-order chi connectivity index (χ1) is 14.1. The topological polar surface area (TPSA) is 64.4 Å². The van der Waals surface area contributed by atoms with Gasteiger partial charge in [0.15, 0.2) is 5.58 Å². The molecule has 0 aliphatic carbocycles. The highest BCUT2D eigenvalue weighted by Gasteiger charge is 2.11. The fourth-order valence-corrected chi connectivity index (χ4v) is 3.03. The number of nitrogens with one attached hydrogen (secondary N) is 1. The van der Waals surface area contributed by atoms with Crippen LogP contribution in [0.3, 0.4) is 0 Å². The zero-order valence-corrected chi connectivity index (χ0v) is 16.4. The summed E-state index contributed by atoms with van der Waals surface area (Å²) < 4.78 is 11.4. The Bertz CT molecular complexity index is 1150. The van der Waals surface area contributed by atoms with Gasteiger partial charge in [-0.05, 0) is 67.9 Å². The van der Waals surface area contributed by atoms with Crippen LogP contribution < -0.4 is 10.1 Å². The third-order valence-corrected chi connectivity index (χ3v) is 4.50. The molecule has 0 aliphatic rings. The zero-order chi connectivity index (χ0) is 20.2. The first kappa shape index (κ1) is 18.7. The van der Waals surface area contributed by atoms with Gasteiger partial charge in [0.05, 0.1) is 6.61 Å². The summed E-state index contributed by atoms with van der Waals surface area (Å²) in [4.78, 5) is 17.1. The number of rotatable bonds is 6. The number of aryl methyl sites for hydroxylation is 1. The molecule has 0 radical (unpaired) electrons. The molecule has 1 aromatic heterocycles. The molecule has 3 aromatic carbocycles. The first-order valence-electron chi connectivity index (χ1n) is 9.64. The lowest BCUT2D eigenvalue weighted by Gasteiger charge is -2.07. The number of oxazole rings is 1. The molecule has 0 saturated heterocycles. The molecule has 0 unspecified atom stereocenters.